The van der Waals surface area contributed by atoms with E-state index in [4.69, 9.17) is 11.6 Å². The SMILES string of the molecule is CC(CC1CCC1)Nc1cc2c(cc1Cl)NC(=O)C2. The molecule has 2 N–H and O–H groups in total. The Balaban J connectivity index is 1.70. The first kappa shape index (κ1) is 12.8. The molecular weight excluding hydrogens is 260 g/mol. The van der Waals surface area contributed by atoms with Crippen LogP contribution in [0.2, 0.25) is 5.02 Å². The Morgan fingerprint density at radius 3 is 2.95 bits per heavy atom. The lowest BCUT2D eigenvalue weighted by Crippen LogP contribution is -2.23. The summed E-state index contributed by atoms with van der Waals surface area (Å²) >= 11 is 6.27. The van der Waals surface area contributed by atoms with E-state index in [-0.39, 0.29) is 5.91 Å². The normalized spacial score (nSPS) is 19.6. The summed E-state index contributed by atoms with van der Waals surface area (Å²) in [6.45, 7) is 2.20. The van der Waals surface area contributed by atoms with E-state index in [9.17, 15) is 4.79 Å². The van der Waals surface area contributed by atoms with Crippen LogP contribution in [0.25, 0.3) is 0 Å². The van der Waals surface area contributed by atoms with Crippen LogP contribution in [0, 0.1) is 5.92 Å². The minimum absolute atomic E-state index is 0.0470. The summed E-state index contributed by atoms with van der Waals surface area (Å²) in [7, 11) is 0. The van der Waals surface area contributed by atoms with Gasteiger partial charge in [-0.15, -0.1) is 0 Å². The number of amides is 1. The summed E-state index contributed by atoms with van der Waals surface area (Å²) < 4.78 is 0. The quantitative estimate of drug-likeness (QED) is 0.879. The van der Waals surface area contributed by atoms with Gasteiger partial charge in [0.05, 0.1) is 17.1 Å². The second-order valence-electron chi connectivity index (χ2n) is 5.79. The van der Waals surface area contributed by atoms with Gasteiger partial charge in [-0.1, -0.05) is 30.9 Å². The highest BCUT2D eigenvalue weighted by molar-refractivity contribution is 6.33. The Labute approximate surface area is 118 Å². The molecule has 19 heavy (non-hydrogen) atoms. The second kappa shape index (κ2) is 5.04. The van der Waals surface area contributed by atoms with E-state index >= 15 is 0 Å². The van der Waals surface area contributed by atoms with Crippen LogP contribution in [0.3, 0.4) is 0 Å². The Morgan fingerprint density at radius 2 is 2.26 bits per heavy atom. The molecule has 1 aliphatic carbocycles. The summed E-state index contributed by atoms with van der Waals surface area (Å²) in [5.74, 6) is 0.921. The van der Waals surface area contributed by atoms with E-state index in [1.807, 2.05) is 12.1 Å². The third kappa shape index (κ3) is 2.71. The zero-order valence-corrected chi connectivity index (χ0v) is 11.9. The van der Waals surface area contributed by atoms with E-state index in [1.54, 1.807) is 0 Å². The third-order valence-electron chi connectivity index (χ3n) is 4.13. The number of carbonyl (C=O) groups is 1. The number of benzene rings is 1. The Kier molecular flexibility index (Phi) is 3.40. The van der Waals surface area contributed by atoms with Gasteiger partial charge in [0, 0.05) is 11.7 Å². The van der Waals surface area contributed by atoms with Crippen molar-refractivity contribution in [2.75, 3.05) is 10.6 Å². The molecule has 1 aromatic rings. The molecule has 1 amide bonds. The fourth-order valence-electron chi connectivity index (χ4n) is 2.91. The van der Waals surface area contributed by atoms with Gasteiger partial charge in [-0.25, -0.2) is 0 Å². The van der Waals surface area contributed by atoms with Crippen molar-refractivity contribution in [3.8, 4) is 0 Å². The van der Waals surface area contributed by atoms with Crippen LogP contribution < -0.4 is 10.6 Å². The van der Waals surface area contributed by atoms with Crippen molar-refractivity contribution in [2.45, 2.75) is 45.1 Å². The minimum Gasteiger partial charge on any atom is -0.381 e. The number of fused-ring (bicyclic) bond motifs is 1. The number of anilines is 2. The van der Waals surface area contributed by atoms with Gasteiger partial charge in [0.25, 0.3) is 0 Å². The first-order chi connectivity index (χ1) is 9.11. The van der Waals surface area contributed by atoms with Crippen molar-refractivity contribution in [3.63, 3.8) is 0 Å². The number of nitrogens with one attached hydrogen (secondary N) is 2. The van der Waals surface area contributed by atoms with E-state index in [0.717, 1.165) is 22.9 Å². The molecule has 2 aliphatic rings. The second-order valence-corrected chi connectivity index (χ2v) is 6.20. The topological polar surface area (TPSA) is 41.1 Å². The van der Waals surface area contributed by atoms with Crippen molar-refractivity contribution in [3.05, 3.63) is 22.7 Å². The fourth-order valence-corrected chi connectivity index (χ4v) is 3.13. The monoisotopic (exact) mass is 278 g/mol. The number of hydrogen-bond donors (Lipinski definition) is 2. The fraction of sp³-hybridized carbons (Fsp3) is 0.533. The molecule has 0 bridgehead atoms. The molecule has 1 heterocycles. The molecule has 1 atom stereocenters. The molecule has 0 spiro atoms. The zero-order chi connectivity index (χ0) is 13.4. The summed E-state index contributed by atoms with van der Waals surface area (Å²) in [5, 5.41) is 6.98. The predicted octanol–water partition coefficient (Wildman–Crippen LogP) is 3.83. The molecule has 3 nitrogen and oxygen atoms in total. The Morgan fingerprint density at radius 1 is 1.47 bits per heavy atom. The lowest BCUT2D eigenvalue weighted by Gasteiger charge is -2.29. The van der Waals surface area contributed by atoms with E-state index in [2.05, 4.69) is 17.6 Å². The molecule has 0 saturated heterocycles. The number of halogens is 1. The van der Waals surface area contributed by atoms with E-state index < -0.39 is 0 Å². The summed E-state index contributed by atoms with van der Waals surface area (Å²) in [5.41, 5.74) is 2.84. The van der Waals surface area contributed by atoms with E-state index in [0.29, 0.717) is 17.5 Å². The average Bonchev–Trinajstić information content (AvgIpc) is 2.63. The van der Waals surface area contributed by atoms with Crippen molar-refractivity contribution >= 4 is 28.9 Å². The summed E-state index contributed by atoms with van der Waals surface area (Å²) in [4.78, 5) is 11.4. The van der Waals surface area contributed by atoms with Crippen LogP contribution in [0.15, 0.2) is 12.1 Å². The molecule has 1 fully saturated rings. The molecular formula is C15H19ClN2O. The van der Waals surface area contributed by atoms with Gasteiger partial charge in [0.2, 0.25) is 5.91 Å². The Hall–Kier alpha value is -1.22. The van der Waals surface area contributed by atoms with Gasteiger partial charge in [-0.05, 0) is 37.0 Å². The molecule has 1 aromatic carbocycles. The van der Waals surface area contributed by atoms with Gasteiger partial charge in [0.1, 0.15) is 0 Å². The first-order valence-electron chi connectivity index (χ1n) is 7.00. The predicted molar refractivity (Wildman–Crippen MR) is 78.8 cm³/mol. The highest BCUT2D eigenvalue weighted by atomic mass is 35.5. The van der Waals surface area contributed by atoms with Crippen LogP contribution >= 0.6 is 11.6 Å². The largest absolute Gasteiger partial charge is 0.381 e. The van der Waals surface area contributed by atoms with Crippen molar-refractivity contribution in [1.82, 2.24) is 0 Å². The zero-order valence-electron chi connectivity index (χ0n) is 11.1. The van der Waals surface area contributed by atoms with Crippen molar-refractivity contribution in [1.29, 1.82) is 0 Å². The third-order valence-corrected chi connectivity index (χ3v) is 4.44. The van der Waals surface area contributed by atoms with Crippen LogP contribution in [-0.4, -0.2) is 11.9 Å². The standard InChI is InChI=1S/C15H19ClN2O/c1-9(5-10-3-2-4-10)17-14-6-11-7-15(19)18-13(11)8-12(14)16/h6,8-10,17H,2-5,7H2,1H3,(H,18,19). The van der Waals surface area contributed by atoms with Gasteiger partial charge in [-0.2, -0.15) is 0 Å². The number of carbonyl (C=O) groups excluding carboxylic acids is 1. The van der Waals surface area contributed by atoms with Crippen LogP contribution in [0.1, 0.15) is 38.2 Å². The van der Waals surface area contributed by atoms with Crippen LogP contribution in [0.5, 0.6) is 0 Å². The number of hydrogen-bond acceptors (Lipinski definition) is 2. The lowest BCUT2D eigenvalue weighted by atomic mass is 9.81. The summed E-state index contributed by atoms with van der Waals surface area (Å²) in [6.07, 6.45) is 5.76. The molecule has 1 aliphatic heterocycles. The first-order valence-corrected chi connectivity index (χ1v) is 7.38. The van der Waals surface area contributed by atoms with E-state index in [1.165, 1.54) is 25.7 Å². The molecule has 4 heteroatoms. The smallest absolute Gasteiger partial charge is 0.228 e. The molecule has 1 saturated carbocycles. The molecule has 0 aromatic heterocycles. The molecule has 3 rings (SSSR count). The molecule has 1 unspecified atom stereocenters. The maximum absolute atomic E-state index is 11.4. The highest BCUT2D eigenvalue weighted by Crippen LogP contribution is 2.35. The van der Waals surface area contributed by atoms with Crippen LogP contribution in [0.4, 0.5) is 11.4 Å². The summed E-state index contributed by atoms with van der Waals surface area (Å²) in [6, 6.07) is 4.28. The number of rotatable bonds is 4. The van der Waals surface area contributed by atoms with Gasteiger partial charge >= 0.3 is 0 Å². The molecule has 0 radical (unpaired) electrons. The van der Waals surface area contributed by atoms with Crippen molar-refractivity contribution in [2.24, 2.45) is 5.92 Å². The molecule has 102 valence electrons. The van der Waals surface area contributed by atoms with Crippen LogP contribution in [-0.2, 0) is 11.2 Å². The minimum atomic E-state index is 0.0470. The van der Waals surface area contributed by atoms with Crippen molar-refractivity contribution < 1.29 is 4.79 Å². The maximum atomic E-state index is 11.4. The Bertz CT molecular complexity index is 511. The highest BCUT2D eigenvalue weighted by Gasteiger charge is 2.22. The van der Waals surface area contributed by atoms with Gasteiger partial charge < -0.3 is 10.6 Å². The lowest BCUT2D eigenvalue weighted by molar-refractivity contribution is -0.115. The van der Waals surface area contributed by atoms with Gasteiger partial charge in [-0.3, -0.25) is 4.79 Å². The van der Waals surface area contributed by atoms with Gasteiger partial charge in [0.15, 0.2) is 0 Å². The average molecular weight is 279 g/mol. The maximum Gasteiger partial charge on any atom is 0.228 e.